The second-order valence-electron chi connectivity index (χ2n) is 6.39. The number of hydrogen-bond acceptors (Lipinski definition) is 1. The number of halogens is 2. The molecule has 1 aliphatic rings. The lowest BCUT2D eigenvalue weighted by molar-refractivity contribution is 0.182. The molecule has 1 aromatic rings. The Morgan fingerprint density at radius 2 is 2.21 bits per heavy atom. The van der Waals surface area contributed by atoms with Crippen LogP contribution in [0.25, 0.3) is 0 Å². The van der Waals surface area contributed by atoms with E-state index in [0.717, 1.165) is 30.7 Å². The monoisotopic (exact) mass is 327 g/mol. The van der Waals surface area contributed by atoms with Gasteiger partial charge in [0.15, 0.2) is 0 Å². The Morgan fingerprint density at radius 1 is 1.47 bits per heavy atom. The van der Waals surface area contributed by atoms with Gasteiger partial charge in [-0.2, -0.15) is 0 Å². The third-order valence-corrected chi connectivity index (χ3v) is 5.01. The third kappa shape index (κ3) is 3.79. The van der Waals surface area contributed by atoms with E-state index in [1.807, 2.05) is 12.1 Å². The highest BCUT2D eigenvalue weighted by molar-refractivity contribution is 9.10. The normalized spacial score (nSPS) is 27.8. The van der Waals surface area contributed by atoms with Gasteiger partial charge < -0.3 is 5.73 Å². The van der Waals surface area contributed by atoms with Crippen molar-refractivity contribution in [2.45, 2.75) is 51.5 Å². The van der Waals surface area contributed by atoms with Crippen LogP contribution in [0, 0.1) is 17.7 Å². The van der Waals surface area contributed by atoms with Crippen LogP contribution in [0.2, 0.25) is 0 Å². The molecule has 19 heavy (non-hydrogen) atoms. The van der Waals surface area contributed by atoms with E-state index in [0.29, 0.717) is 10.4 Å². The average molecular weight is 328 g/mol. The Balaban J connectivity index is 2.09. The zero-order valence-electron chi connectivity index (χ0n) is 11.8. The first-order valence-corrected chi connectivity index (χ1v) is 7.92. The Kier molecular flexibility index (Phi) is 4.67. The van der Waals surface area contributed by atoms with Crippen LogP contribution in [-0.4, -0.2) is 5.54 Å². The van der Waals surface area contributed by atoms with Crippen molar-refractivity contribution < 1.29 is 4.39 Å². The predicted octanol–water partition coefficient (Wildman–Crippen LogP) is 4.67. The second kappa shape index (κ2) is 5.92. The average Bonchev–Trinajstić information content (AvgIpc) is 2.33. The van der Waals surface area contributed by atoms with Crippen LogP contribution in [0.1, 0.15) is 45.1 Å². The molecule has 0 aliphatic heterocycles. The summed E-state index contributed by atoms with van der Waals surface area (Å²) in [7, 11) is 0. The van der Waals surface area contributed by atoms with Crippen LogP contribution in [0.4, 0.5) is 4.39 Å². The first-order valence-electron chi connectivity index (χ1n) is 7.12. The van der Waals surface area contributed by atoms with Crippen molar-refractivity contribution in [3.63, 3.8) is 0 Å². The van der Waals surface area contributed by atoms with Crippen molar-refractivity contribution >= 4 is 15.9 Å². The van der Waals surface area contributed by atoms with E-state index in [4.69, 9.17) is 5.73 Å². The maximum absolute atomic E-state index is 13.3. The lowest BCUT2D eigenvalue weighted by Gasteiger charge is -2.40. The summed E-state index contributed by atoms with van der Waals surface area (Å²) in [6.45, 7) is 4.57. The summed E-state index contributed by atoms with van der Waals surface area (Å²) in [5.41, 5.74) is 7.60. The standard InChI is InChI=1S/C16H23BrFN/c1-11(2)13-4-3-7-16(19,10-13)9-12-5-6-15(18)14(17)8-12/h5-6,8,11,13H,3-4,7,9-10,19H2,1-2H3. The summed E-state index contributed by atoms with van der Waals surface area (Å²) >= 11 is 3.25. The van der Waals surface area contributed by atoms with Gasteiger partial charge in [0.05, 0.1) is 4.47 Å². The van der Waals surface area contributed by atoms with Crippen LogP contribution in [-0.2, 0) is 6.42 Å². The molecule has 0 amide bonds. The van der Waals surface area contributed by atoms with Crippen LogP contribution in [0.5, 0.6) is 0 Å². The van der Waals surface area contributed by atoms with Gasteiger partial charge in [-0.15, -0.1) is 0 Å². The molecule has 0 aromatic heterocycles. The molecule has 0 spiro atoms. The van der Waals surface area contributed by atoms with Crippen molar-refractivity contribution in [3.05, 3.63) is 34.1 Å². The quantitative estimate of drug-likeness (QED) is 0.857. The van der Waals surface area contributed by atoms with Crippen LogP contribution in [0.15, 0.2) is 22.7 Å². The Hall–Kier alpha value is -0.410. The van der Waals surface area contributed by atoms with Gasteiger partial charge in [-0.3, -0.25) is 0 Å². The summed E-state index contributed by atoms with van der Waals surface area (Å²) < 4.78 is 13.8. The Bertz CT molecular complexity index is 446. The minimum Gasteiger partial charge on any atom is -0.325 e. The molecule has 1 aromatic carbocycles. The Morgan fingerprint density at radius 3 is 2.84 bits per heavy atom. The minimum absolute atomic E-state index is 0.121. The third-order valence-electron chi connectivity index (χ3n) is 4.40. The van der Waals surface area contributed by atoms with E-state index in [-0.39, 0.29) is 11.4 Å². The fourth-order valence-electron chi connectivity index (χ4n) is 3.23. The highest BCUT2D eigenvalue weighted by Gasteiger charge is 2.34. The van der Waals surface area contributed by atoms with Crippen LogP contribution < -0.4 is 5.73 Å². The molecule has 2 N–H and O–H groups in total. The van der Waals surface area contributed by atoms with Crippen molar-refractivity contribution in [1.29, 1.82) is 0 Å². The van der Waals surface area contributed by atoms with Crippen molar-refractivity contribution in [2.24, 2.45) is 17.6 Å². The van der Waals surface area contributed by atoms with Gasteiger partial charge >= 0.3 is 0 Å². The lowest BCUT2D eigenvalue weighted by Crippen LogP contribution is -2.47. The molecule has 2 atom stereocenters. The zero-order chi connectivity index (χ0) is 14.0. The molecule has 1 fully saturated rings. The van der Waals surface area contributed by atoms with E-state index in [1.165, 1.54) is 18.9 Å². The smallest absolute Gasteiger partial charge is 0.137 e. The fraction of sp³-hybridized carbons (Fsp3) is 0.625. The first kappa shape index (κ1) is 15.0. The summed E-state index contributed by atoms with van der Waals surface area (Å²) in [5.74, 6) is 1.21. The van der Waals surface area contributed by atoms with Gasteiger partial charge in [0.1, 0.15) is 5.82 Å². The maximum Gasteiger partial charge on any atom is 0.137 e. The van der Waals surface area contributed by atoms with E-state index < -0.39 is 0 Å². The van der Waals surface area contributed by atoms with Gasteiger partial charge in [0.25, 0.3) is 0 Å². The topological polar surface area (TPSA) is 26.0 Å². The van der Waals surface area contributed by atoms with E-state index in [2.05, 4.69) is 29.8 Å². The Labute approximate surface area is 123 Å². The van der Waals surface area contributed by atoms with Crippen molar-refractivity contribution in [3.8, 4) is 0 Å². The zero-order valence-corrected chi connectivity index (χ0v) is 13.3. The SMILES string of the molecule is CC(C)C1CCCC(N)(Cc2ccc(F)c(Br)c2)C1. The molecule has 2 unspecified atom stereocenters. The van der Waals surface area contributed by atoms with Crippen molar-refractivity contribution in [1.82, 2.24) is 0 Å². The van der Waals surface area contributed by atoms with Gasteiger partial charge in [-0.1, -0.05) is 32.8 Å². The second-order valence-corrected chi connectivity index (χ2v) is 7.24. The summed E-state index contributed by atoms with van der Waals surface area (Å²) in [6, 6.07) is 5.24. The lowest BCUT2D eigenvalue weighted by atomic mass is 9.70. The fourth-order valence-corrected chi connectivity index (χ4v) is 3.65. The molecule has 0 bridgehead atoms. The minimum atomic E-state index is -0.210. The van der Waals surface area contributed by atoms with Crippen molar-refractivity contribution in [2.75, 3.05) is 0 Å². The summed E-state index contributed by atoms with van der Waals surface area (Å²) in [4.78, 5) is 0. The molecule has 1 aliphatic carbocycles. The van der Waals surface area contributed by atoms with E-state index in [1.54, 1.807) is 0 Å². The summed E-state index contributed by atoms with van der Waals surface area (Å²) in [6.07, 6.45) is 5.51. The molecule has 106 valence electrons. The molecule has 1 nitrogen and oxygen atoms in total. The van der Waals surface area contributed by atoms with Gasteiger partial charge in [0, 0.05) is 5.54 Å². The largest absolute Gasteiger partial charge is 0.325 e. The molecule has 2 rings (SSSR count). The van der Waals surface area contributed by atoms with Crippen LogP contribution >= 0.6 is 15.9 Å². The molecular formula is C16H23BrFN. The first-order chi connectivity index (χ1) is 8.89. The molecule has 3 heteroatoms. The van der Waals surface area contributed by atoms with E-state index >= 15 is 0 Å². The number of rotatable bonds is 3. The van der Waals surface area contributed by atoms with Crippen LogP contribution in [0.3, 0.4) is 0 Å². The van der Waals surface area contributed by atoms with Gasteiger partial charge in [0.2, 0.25) is 0 Å². The molecule has 0 radical (unpaired) electrons. The highest BCUT2D eigenvalue weighted by Crippen LogP contribution is 2.37. The predicted molar refractivity (Wildman–Crippen MR) is 81.5 cm³/mol. The summed E-state index contributed by atoms with van der Waals surface area (Å²) in [5, 5.41) is 0. The van der Waals surface area contributed by atoms with Gasteiger partial charge in [-0.25, -0.2) is 4.39 Å². The highest BCUT2D eigenvalue weighted by atomic mass is 79.9. The van der Waals surface area contributed by atoms with Gasteiger partial charge in [-0.05, 0) is 64.7 Å². The number of hydrogen-bond donors (Lipinski definition) is 1. The molecule has 0 heterocycles. The molecule has 0 saturated heterocycles. The number of benzene rings is 1. The molecule has 1 saturated carbocycles. The number of nitrogens with two attached hydrogens (primary N) is 1. The van der Waals surface area contributed by atoms with E-state index in [9.17, 15) is 4.39 Å². The maximum atomic E-state index is 13.3. The molecular weight excluding hydrogens is 305 g/mol.